The average Bonchev–Trinajstić information content (AvgIpc) is 3.01. The number of hydrogen-bond donors (Lipinski definition) is 3. The van der Waals surface area contributed by atoms with Gasteiger partial charge >= 0.3 is 0 Å². The highest BCUT2D eigenvalue weighted by molar-refractivity contribution is 7.98. The van der Waals surface area contributed by atoms with E-state index < -0.39 is 16.9 Å². The minimum atomic E-state index is -1.69. The molecule has 0 aliphatic carbocycles. The maximum atomic E-state index is 13.6. The molecule has 0 fully saturated rings. The summed E-state index contributed by atoms with van der Waals surface area (Å²) in [5.74, 6) is -0.260. The Balaban J connectivity index is 1.66. The van der Waals surface area contributed by atoms with Gasteiger partial charge in [-0.05, 0) is 23.8 Å². The number of benzene rings is 2. The Morgan fingerprint density at radius 1 is 1.21 bits per heavy atom. The van der Waals surface area contributed by atoms with Crippen molar-refractivity contribution in [2.24, 2.45) is 5.73 Å². The Morgan fingerprint density at radius 3 is 2.67 bits per heavy atom. The molecule has 0 bridgehead atoms. The molecule has 10 heteroatoms. The number of fused-ring (bicyclic) bond motifs is 4. The highest BCUT2D eigenvalue weighted by Crippen LogP contribution is 2.52. The number of nitrogens with one attached hydrogen (secondary N) is 2. The van der Waals surface area contributed by atoms with E-state index in [-0.39, 0.29) is 28.6 Å². The number of carbonyl (C=O) groups is 1. The van der Waals surface area contributed by atoms with E-state index in [1.807, 2.05) is 6.07 Å². The molecule has 3 heterocycles. The molecular formula is C23H17FN6O2S. The van der Waals surface area contributed by atoms with Crippen molar-refractivity contribution in [3.05, 3.63) is 92.8 Å². The maximum absolute atomic E-state index is 13.6. The molecule has 1 atom stereocenters. The number of amides is 1. The van der Waals surface area contributed by atoms with Crippen molar-refractivity contribution >= 4 is 29.2 Å². The molecule has 4 N–H and O–H groups in total. The molecule has 5 rings (SSSR count). The smallest absolute Gasteiger partial charge is 0.258 e. The summed E-state index contributed by atoms with van der Waals surface area (Å²) in [7, 11) is 1.59. The number of para-hydroxylation sites is 1. The molecule has 164 valence electrons. The van der Waals surface area contributed by atoms with Gasteiger partial charge in [-0.1, -0.05) is 42.1 Å². The van der Waals surface area contributed by atoms with Crippen LogP contribution in [-0.2, 0) is 16.0 Å². The van der Waals surface area contributed by atoms with Crippen molar-refractivity contribution in [2.45, 2.75) is 16.3 Å². The van der Waals surface area contributed by atoms with E-state index in [2.05, 4.69) is 15.3 Å². The Labute approximate surface area is 191 Å². The summed E-state index contributed by atoms with van der Waals surface area (Å²) in [4.78, 5) is 35.7. The number of carbonyl (C=O) groups excluding carboxylic acids is 1. The lowest BCUT2D eigenvalue weighted by molar-refractivity contribution is -0.120. The number of nitrogens with two attached hydrogens (primary N) is 1. The lowest BCUT2D eigenvalue weighted by atomic mass is 9.69. The first-order chi connectivity index (χ1) is 15.9. The van der Waals surface area contributed by atoms with Crippen LogP contribution in [0.2, 0.25) is 0 Å². The van der Waals surface area contributed by atoms with Gasteiger partial charge in [-0.25, -0.2) is 9.37 Å². The largest absolute Gasteiger partial charge is 0.384 e. The van der Waals surface area contributed by atoms with Gasteiger partial charge in [-0.15, -0.1) is 0 Å². The van der Waals surface area contributed by atoms with Crippen LogP contribution in [0.4, 0.5) is 15.9 Å². The SMILES string of the molecule is CN1C(=O)C2(C(C#N)=C(N)Nc3nc(SCc4ccc(F)cc4)[nH]c(=O)c32)c2ccccc21. The number of likely N-dealkylation sites (N-methyl/N-ethyl adjacent to an activating group) is 1. The van der Waals surface area contributed by atoms with Crippen LogP contribution in [0, 0.1) is 17.1 Å². The summed E-state index contributed by atoms with van der Waals surface area (Å²) in [5, 5.41) is 13.1. The highest BCUT2D eigenvalue weighted by atomic mass is 32.2. The van der Waals surface area contributed by atoms with Crippen LogP contribution in [0.25, 0.3) is 0 Å². The zero-order valence-electron chi connectivity index (χ0n) is 17.3. The number of aromatic amines is 1. The molecule has 3 aromatic rings. The normalized spacial score (nSPS) is 18.7. The molecule has 1 aromatic heterocycles. The summed E-state index contributed by atoms with van der Waals surface area (Å²) >= 11 is 1.25. The molecule has 0 radical (unpaired) electrons. The number of rotatable bonds is 3. The number of thioether (sulfide) groups is 1. The van der Waals surface area contributed by atoms with Crippen LogP contribution in [0.1, 0.15) is 16.7 Å². The molecule has 0 saturated carbocycles. The van der Waals surface area contributed by atoms with Crippen LogP contribution in [0.15, 0.2) is 69.9 Å². The topological polar surface area (TPSA) is 128 Å². The second-order valence-corrected chi connectivity index (χ2v) is 8.63. The van der Waals surface area contributed by atoms with Gasteiger partial charge in [0.2, 0.25) is 5.91 Å². The molecule has 1 spiro atoms. The molecule has 0 saturated heterocycles. The lowest BCUT2D eigenvalue weighted by Crippen LogP contribution is -2.49. The van der Waals surface area contributed by atoms with Gasteiger partial charge in [0.1, 0.15) is 28.9 Å². The predicted octanol–water partition coefficient (Wildman–Crippen LogP) is 2.58. The monoisotopic (exact) mass is 460 g/mol. The summed E-state index contributed by atoms with van der Waals surface area (Å²) in [5.41, 5.74) is 5.86. The van der Waals surface area contributed by atoms with E-state index in [9.17, 15) is 19.2 Å². The van der Waals surface area contributed by atoms with E-state index in [0.29, 0.717) is 22.2 Å². The standard InChI is InChI=1S/C23H17FN6O2S/c1-30-16-5-3-2-4-14(16)23(21(30)32)15(10-25)18(26)27-19-17(23)20(31)29-22(28-19)33-11-12-6-8-13(24)9-7-12/h2-9H,11,26H2,1H3,(H2,27,28,29,31). The summed E-state index contributed by atoms with van der Waals surface area (Å²) in [6.07, 6.45) is 0. The van der Waals surface area contributed by atoms with Crippen LogP contribution in [0.3, 0.4) is 0 Å². The Hall–Kier alpha value is -4.10. The third-order valence-corrected chi connectivity index (χ3v) is 6.81. The van der Waals surface area contributed by atoms with E-state index in [0.717, 1.165) is 5.56 Å². The molecule has 8 nitrogen and oxygen atoms in total. The molecule has 33 heavy (non-hydrogen) atoms. The third-order valence-electron chi connectivity index (χ3n) is 5.87. The Bertz CT molecular complexity index is 1440. The minimum Gasteiger partial charge on any atom is -0.384 e. The zero-order chi connectivity index (χ0) is 23.3. The number of aromatic nitrogens is 2. The van der Waals surface area contributed by atoms with Crippen molar-refractivity contribution in [2.75, 3.05) is 17.3 Å². The number of nitrogens with zero attached hydrogens (tertiary/aromatic N) is 3. The predicted molar refractivity (Wildman–Crippen MR) is 122 cm³/mol. The first-order valence-electron chi connectivity index (χ1n) is 9.95. The zero-order valence-corrected chi connectivity index (χ0v) is 18.2. The van der Waals surface area contributed by atoms with E-state index in [1.54, 1.807) is 43.4 Å². The summed E-state index contributed by atoms with van der Waals surface area (Å²) in [6.45, 7) is 0. The highest BCUT2D eigenvalue weighted by Gasteiger charge is 2.59. The van der Waals surface area contributed by atoms with Gasteiger partial charge < -0.3 is 20.9 Å². The van der Waals surface area contributed by atoms with Gasteiger partial charge in [0.15, 0.2) is 5.16 Å². The van der Waals surface area contributed by atoms with Crippen molar-refractivity contribution in [1.82, 2.24) is 9.97 Å². The van der Waals surface area contributed by atoms with Crippen LogP contribution in [0.5, 0.6) is 0 Å². The van der Waals surface area contributed by atoms with Crippen molar-refractivity contribution in [3.63, 3.8) is 0 Å². The van der Waals surface area contributed by atoms with Gasteiger partial charge in [-0.3, -0.25) is 9.59 Å². The first-order valence-corrected chi connectivity index (χ1v) is 10.9. The molecular weight excluding hydrogens is 443 g/mol. The quantitative estimate of drug-likeness (QED) is 0.405. The van der Waals surface area contributed by atoms with Gasteiger partial charge in [0.05, 0.1) is 11.1 Å². The Morgan fingerprint density at radius 2 is 1.94 bits per heavy atom. The average molecular weight is 460 g/mol. The van der Waals surface area contributed by atoms with Gasteiger partial charge in [-0.2, -0.15) is 5.26 Å². The van der Waals surface area contributed by atoms with Crippen molar-refractivity contribution < 1.29 is 9.18 Å². The first kappa shape index (κ1) is 20.8. The van der Waals surface area contributed by atoms with Gasteiger partial charge in [0.25, 0.3) is 5.56 Å². The van der Waals surface area contributed by atoms with E-state index >= 15 is 0 Å². The lowest BCUT2D eigenvalue weighted by Gasteiger charge is -2.33. The molecule has 2 aromatic carbocycles. The van der Waals surface area contributed by atoms with E-state index in [4.69, 9.17) is 5.73 Å². The number of nitriles is 1. The fourth-order valence-corrected chi connectivity index (χ4v) is 5.21. The number of anilines is 2. The van der Waals surface area contributed by atoms with Crippen LogP contribution in [-0.4, -0.2) is 22.9 Å². The van der Waals surface area contributed by atoms with Gasteiger partial charge in [0, 0.05) is 24.1 Å². The summed E-state index contributed by atoms with van der Waals surface area (Å²) < 4.78 is 13.2. The Kier molecular flexibility index (Phi) is 4.72. The second kappa shape index (κ2) is 7.50. The maximum Gasteiger partial charge on any atom is 0.258 e. The second-order valence-electron chi connectivity index (χ2n) is 7.67. The molecule has 2 aliphatic rings. The number of H-pyrrole nitrogens is 1. The van der Waals surface area contributed by atoms with E-state index in [1.165, 1.54) is 28.8 Å². The fraction of sp³-hybridized carbons (Fsp3) is 0.130. The summed E-state index contributed by atoms with van der Waals surface area (Å²) in [6, 6.07) is 15.0. The third kappa shape index (κ3) is 2.93. The van der Waals surface area contributed by atoms with Crippen molar-refractivity contribution in [1.29, 1.82) is 5.26 Å². The van der Waals surface area contributed by atoms with Crippen LogP contribution < -0.4 is 21.5 Å². The number of halogens is 1. The molecule has 1 amide bonds. The molecule has 1 unspecified atom stereocenters. The van der Waals surface area contributed by atoms with Crippen molar-refractivity contribution in [3.8, 4) is 6.07 Å². The molecule has 2 aliphatic heterocycles. The number of hydrogen-bond acceptors (Lipinski definition) is 7. The minimum absolute atomic E-state index is 0.0289. The fourth-order valence-electron chi connectivity index (χ4n) is 4.40. The van der Waals surface area contributed by atoms with Crippen LogP contribution >= 0.6 is 11.8 Å².